The summed E-state index contributed by atoms with van der Waals surface area (Å²) in [5.41, 5.74) is 2.65. The van der Waals surface area contributed by atoms with Crippen molar-refractivity contribution in [3.63, 3.8) is 0 Å². The van der Waals surface area contributed by atoms with E-state index in [1.807, 2.05) is 61.3 Å². The third kappa shape index (κ3) is 5.73. The maximum absolute atomic E-state index is 12.6. The fourth-order valence-electron chi connectivity index (χ4n) is 2.99. The van der Waals surface area contributed by atoms with Crippen LogP contribution >= 0.6 is 0 Å². The number of para-hydroxylation sites is 1. The number of hydrogen-bond donors (Lipinski definition) is 1. The van der Waals surface area contributed by atoms with Crippen LogP contribution in [0, 0.1) is 0 Å². The summed E-state index contributed by atoms with van der Waals surface area (Å²) in [7, 11) is -1.66. The zero-order chi connectivity index (χ0) is 20.7. The van der Waals surface area contributed by atoms with Crippen molar-refractivity contribution in [3.8, 4) is 0 Å². The van der Waals surface area contributed by atoms with Gasteiger partial charge in [0.2, 0.25) is 15.9 Å². The Hall–Kier alpha value is -2.54. The third-order valence-corrected chi connectivity index (χ3v) is 5.87. The van der Waals surface area contributed by atoms with E-state index in [-0.39, 0.29) is 5.91 Å². The first kappa shape index (κ1) is 21.8. The Bertz CT molecular complexity index is 868. The van der Waals surface area contributed by atoms with Crippen molar-refractivity contribution in [3.05, 3.63) is 60.2 Å². The van der Waals surface area contributed by atoms with Crippen LogP contribution in [0.5, 0.6) is 0 Å². The molecule has 0 saturated heterocycles. The topological polar surface area (TPSA) is 69.7 Å². The SMILES string of the molecule is CCc1ccc(N(C(C)C(=O)NCCN(C)c2ccccc2)S(C)(=O)=O)cc1. The van der Waals surface area contributed by atoms with Crippen molar-refractivity contribution in [1.82, 2.24) is 5.32 Å². The quantitative estimate of drug-likeness (QED) is 0.699. The monoisotopic (exact) mass is 403 g/mol. The highest BCUT2D eigenvalue weighted by molar-refractivity contribution is 7.92. The molecule has 0 saturated carbocycles. The minimum Gasteiger partial charge on any atom is -0.373 e. The van der Waals surface area contributed by atoms with E-state index < -0.39 is 16.1 Å². The van der Waals surface area contributed by atoms with Crippen LogP contribution in [0.4, 0.5) is 11.4 Å². The lowest BCUT2D eigenvalue weighted by Crippen LogP contribution is -2.49. The van der Waals surface area contributed by atoms with Crippen molar-refractivity contribution in [2.24, 2.45) is 0 Å². The van der Waals surface area contributed by atoms with Crippen LogP contribution < -0.4 is 14.5 Å². The number of rotatable bonds is 9. The van der Waals surface area contributed by atoms with Gasteiger partial charge in [-0.1, -0.05) is 37.3 Å². The predicted molar refractivity (Wildman–Crippen MR) is 115 cm³/mol. The molecule has 0 heterocycles. The molecule has 1 atom stereocenters. The van der Waals surface area contributed by atoms with E-state index in [1.54, 1.807) is 19.1 Å². The number of benzene rings is 2. The molecule has 152 valence electrons. The number of sulfonamides is 1. The highest BCUT2D eigenvalue weighted by atomic mass is 32.2. The van der Waals surface area contributed by atoms with E-state index >= 15 is 0 Å². The van der Waals surface area contributed by atoms with Crippen LogP contribution in [0.15, 0.2) is 54.6 Å². The summed E-state index contributed by atoms with van der Waals surface area (Å²) < 4.78 is 25.8. The summed E-state index contributed by atoms with van der Waals surface area (Å²) in [4.78, 5) is 14.6. The molecule has 1 unspecified atom stereocenters. The van der Waals surface area contributed by atoms with Crippen LogP contribution in [0.1, 0.15) is 19.4 Å². The van der Waals surface area contributed by atoms with Gasteiger partial charge < -0.3 is 10.2 Å². The zero-order valence-corrected chi connectivity index (χ0v) is 17.7. The Balaban J connectivity index is 2.03. The Labute approximate surface area is 168 Å². The Morgan fingerprint density at radius 2 is 1.64 bits per heavy atom. The molecule has 0 spiro atoms. The highest BCUT2D eigenvalue weighted by Crippen LogP contribution is 2.21. The second-order valence-electron chi connectivity index (χ2n) is 6.80. The van der Waals surface area contributed by atoms with Crippen LogP contribution in [0.3, 0.4) is 0 Å². The number of carbonyl (C=O) groups is 1. The Morgan fingerprint density at radius 3 is 2.18 bits per heavy atom. The van der Waals surface area contributed by atoms with E-state index in [2.05, 4.69) is 5.32 Å². The van der Waals surface area contributed by atoms with Gasteiger partial charge in [0.15, 0.2) is 0 Å². The number of carbonyl (C=O) groups excluding carboxylic acids is 1. The maximum Gasteiger partial charge on any atom is 0.243 e. The first-order valence-corrected chi connectivity index (χ1v) is 11.2. The molecule has 1 N–H and O–H groups in total. The van der Waals surface area contributed by atoms with Gasteiger partial charge in [0.25, 0.3) is 0 Å². The average Bonchev–Trinajstić information content (AvgIpc) is 2.68. The summed E-state index contributed by atoms with van der Waals surface area (Å²) in [5, 5.41) is 2.84. The van der Waals surface area contributed by atoms with Crippen LogP contribution in [-0.4, -0.2) is 46.8 Å². The number of aryl methyl sites for hydroxylation is 1. The predicted octanol–water partition coefficient (Wildman–Crippen LogP) is 2.66. The van der Waals surface area contributed by atoms with Crippen molar-refractivity contribution >= 4 is 27.3 Å². The smallest absolute Gasteiger partial charge is 0.243 e. The van der Waals surface area contributed by atoms with E-state index in [0.717, 1.165) is 23.9 Å². The van der Waals surface area contributed by atoms with Gasteiger partial charge in [0, 0.05) is 25.8 Å². The minimum absolute atomic E-state index is 0.327. The second kappa shape index (κ2) is 9.59. The number of likely N-dealkylation sites (N-methyl/N-ethyl adjacent to an activating group) is 1. The standard InChI is InChI=1S/C21H29N3O3S/c1-5-18-11-13-20(14-12-18)24(28(4,26)27)17(2)21(25)22-15-16-23(3)19-9-7-6-8-10-19/h6-14,17H,5,15-16H2,1-4H3,(H,22,25). The van der Waals surface area contributed by atoms with Crippen molar-refractivity contribution in [2.45, 2.75) is 26.3 Å². The van der Waals surface area contributed by atoms with Gasteiger partial charge in [-0.25, -0.2) is 8.42 Å². The van der Waals surface area contributed by atoms with E-state index in [1.165, 1.54) is 4.31 Å². The van der Waals surface area contributed by atoms with Crippen molar-refractivity contribution in [2.75, 3.05) is 35.6 Å². The minimum atomic E-state index is -3.60. The van der Waals surface area contributed by atoms with Gasteiger partial charge >= 0.3 is 0 Å². The molecule has 2 aromatic carbocycles. The van der Waals surface area contributed by atoms with Gasteiger partial charge in [-0.3, -0.25) is 9.10 Å². The molecule has 0 aliphatic heterocycles. The fraction of sp³-hybridized carbons (Fsp3) is 0.381. The second-order valence-corrected chi connectivity index (χ2v) is 8.66. The van der Waals surface area contributed by atoms with Gasteiger partial charge in [-0.15, -0.1) is 0 Å². The molecule has 2 aromatic rings. The summed E-state index contributed by atoms with van der Waals surface area (Å²) in [5.74, 6) is -0.327. The Morgan fingerprint density at radius 1 is 1.04 bits per heavy atom. The highest BCUT2D eigenvalue weighted by Gasteiger charge is 2.28. The van der Waals surface area contributed by atoms with Crippen LogP contribution in [0.25, 0.3) is 0 Å². The van der Waals surface area contributed by atoms with E-state index in [9.17, 15) is 13.2 Å². The number of hydrogen-bond acceptors (Lipinski definition) is 4. The van der Waals surface area contributed by atoms with Gasteiger partial charge in [-0.05, 0) is 43.2 Å². The van der Waals surface area contributed by atoms with Crippen molar-refractivity contribution < 1.29 is 13.2 Å². The summed E-state index contributed by atoms with van der Waals surface area (Å²) >= 11 is 0. The lowest BCUT2D eigenvalue weighted by molar-refractivity contribution is -0.121. The van der Waals surface area contributed by atoms with E-state index in [0.29, 0.717) is 18.8 Å². The molecule has 0 aromatic heterocycles. The first-order valence-electron chi connectivity index (χ1n) is 9.36. The summed E-state index contributed by atoms with van der Waals surface area (Å²) in [6.07, 6.45) is 1.98. The van der Waals surface area contributed by atoms with Gasteiger partial charge in [0.1, 0.15) is 6.04 Å². The first-order chi connectivity index (χ1) is 13.2. The molecule has 0 aliphatic carbocycles. The maximum atomic E-state index is 12.6. The van der Waals surface area contributed by atoms with Crippen molar-refractivity contribution in [1.29, 1.82) is 0 Å². The molecule has 0 radical (unpaired) electrons. The normalized spacial score (nSPS) is 12.3. The molecule has 2 rings (SSSR count). The molecular weight excluding hydrogens is 374 g/mol. The molecular formula is C21H29N3O3S. The molecule has 6 nitrogen and oxygen atoms in total. The fourth-order valence-corrected chi connectivity index (χ4v) is 4.17. The number of amides is 1. The lowest BCUT2D eigenvalue weighted by atomic mass is 10.1. The molecule has 1 amide bonds. The summed E-state index contributed by atoms with van der Waals surface area (Å²) in [6.45, 7) is 4.67. The third-order valence-electron chi connectivity index (χ3n) is 4.63. The number of nitrogens with zero attached hydrogens (tertiary/aromatic N) is 2. The Kier molecular flexibility index (Phi) is 7.45. The molecule has 0 fully saturated rings. The van der Waals surface area contributed by atoms with Gasteiger partial charge in [0.05, 0.1) is 11.9 Å². The lowest BCUT2D eigenvalue weighted by Gasteiger charge is -2.28. The summed E-state index contributed by atoms with van der Waals surface area (Å²) in [6, 6.07) is 16.3. The van der Waals surface area contributed by atoms with E-state index in [4.69, 9.17) is 0 Å². The number of nitrogens with one attached hydrogen (secondary N) is 1. The molecule has 0 aliphatic rings. The van der Waals surface area contributed by atoms with Crippen LogP contribution in [0.2, 0.25) is 0 Å². The zero-order valence-electron chi connectivity index (χ0n) is 16.9. The molecule has 28 heavy (non-hydrogen) atoms. The van der Waals surface area contributed by atoms with Crippen LogP contribution in [-0.2, 0) is 21.2 Å². The largest absolute Gasteiger partial charge is 0.373 e. The van der Waals surface area contributed by atoms with Gasteiger partial charge in [-0.2, -0.15) is 0 Å². The molecule has 7 heteroatoms. The average molecular weight is 404 g/mol. The molecule has 0 bridgehead atoms. The number of anilines is 2.